The van der Waals surface area contributed by atoms with Crippen LogP contribution in [0.3, 0.4) is 0 Å². The second-order valence-corrected chi connectivity index (χ2v) is 12.7. The molecule has 0 spiro atoms. The summed E-state index contributed by atoms with van der Waals surface area (Å²) in [7, 11) is 4.81. The van der Waals surface area contributed by atoms with Gasteiger partial charge in [0, 0.05) is 50.8 Å². The Labute approximate surface area is 202 Å². The summed E-state index contributed by atoms with van der Waals surface area (Å²) in [4.78, 5) is 29.3. The Morgan fingerprint density at radius 2 is 1.41 bits per heavy atom. The largest absolute Gasteiger partial charge is 0.406 e. The minimum atomic E-state index is -3.72. The fourth-order valence-corrected chi connectivity index (χ4v) is 3.82. The van der Waals surface area contributed by atoms with Crippen LogP contribution in [0, 0.1) is 6.92 Å². The molecule has 0 fully saturated rings. The normalized spacial score (nSPS) is 13.2. The predicted octanol–water partition coefficient (Wildman–Crippen LogP) is 4.54. The van der Waals surface area contributed by atoms with Crippen molar-refractivity contribution in [1.82, 2.24) is 9.97 Å². The van der Waals surface area contributed by atoms with Gasteiger partial charge in [0.1, 0.15) is 5.82 Å². The van der Waals surface area contributed by atoms with Crippen molar-refractivity contribution < 1.29 is 31.6 Å². The van der Waals surface area contributed by atoms with Crippen LogP contribution in [0.15, 0.2) is 30.4 Å². The number of carbonyl (C=O) groups is 2. The van der Waals surface area contributed by atoms with E-state index in [4.69, 9.17) is 33.8 Å². The topological polar surface area (TPSA) is 122 Å². The number of carbonyl (C=O) groups excluding carboxylic acids is 2. The van der Waals surface area contributed by atoms with E-state index in [0.29, 0.717) is 19.1 Å². The molecular weight excluding hydrogens is 522 g/mol. The van der Waals surface area contributed by atoms with Gasteiger partial charge in [-0.15, -0.1) is 0 Å². The van der Waals surface area contributed by atoms with Crippen molar-refractivity contribution in [3.8, 4) is 5.88 Å². The number of ketones is 2. The molecule has 0 atom stereocenters. The van der Waals surface area contributed by atoms with Crippen molar-refractivity contribution in [1.29, 1.82) is 0 Å². The maximum absolute atomic E-state index is 10.3. The third-order valence-corrected chi connectivity index (χ3v) is 5.38. The number of hydrogen-bond acceptors (Lipinski definition) is 10. The molecule has 180 valence electrons. The lowest BCUT2D eigenvalue weighted by atomic mass is 10.2. The van der Waals surface area contributed by atoms with Gasteiger partial charge in [-0.25, -0.2) is 4.98 Å². The molecule has 1 aromatic rings. The van der Waals surface area contributed by atoms with Gasteiger partial charge in [-0.05, 0) is 45.1 Å². The zero-order valence-corrected chi connectivity index (χ0v) is 22.2. The van der Waals surface area contributed by atoms with E-state index in [1.54, 1.807) is 6.07 Å². The van der Waals surface area contributed by atoms with Crippen LogP contribution in [-0.2, 0) is 38.7 Å². The quantitative estimate of drug-likeness (QED) is 0.273. The van der Waals surface area contributed by atoms with Crippen LogP contribution in [0.1, 0.15) is 45.1 Å². The molecule has 0 amide bonds. The molecule has 0 saturated heterocycles. The molecule has 0 aliphatic heterocycles. The lowest BCUT2D eigenvalue weighted by Crippen LogP contribution is -2.06. The first-order valence-electron chi connectivity index (χ1n) is 9.21. The first-order chi connectivity index (χ1) is 14.7. The Balaban J connectivity index is 0.000000602. The molecule has 1 heterocycles. The lowest BCUT2D eigenvalue weighted by Gasteiger charge is -2.20. The predicted molar refractivity (Wildman–Crippen MR) is 128 cm³/mol. The highest BCUT2D eigenvalue weighted by Crippen LogP contribution is 2.49. The summed E-state index contributed by atoms with van der Waals surface area (Å²) in [6, 6.07) is 1.74. The summed E-state index contributed by atoms with van der Waals surface area (Å²) >= 11 is 5.32. The van der Waals surface area contributed by atoms with Gasteiger partial charge in [-0.1, -0.05) is 13.8 Å². The maximum Gasteiger partial charge on any atom is 0.381 e. The number of allylic oxidation sites excluding steroid dienone is 4. The number of nitrogens with zero attached hydrogens (tertiary/aromatic N) is 2. The van der Waals surface area contributed by atoms with E-state index < -0.39 is 15.0 Å². The summed E-state index contributed by atoms with van der Waals surface area (Å²) in [6.07, 6.45) is 5.01. The van der Waals surface area contributed by atoms with Crippen LogP contribution in [0.2, 0.25) is 0 Å². The summed E-state index contributed by atoms with van der Waals surface area (Å²) in [5, 5.41) is 0. The molecule has 0 aromatic carbocycles. The Kier molecular flexibility index (Phi) is 14.3. The van der Waals surface area contributed by atoms with Gasteiger partial charge < -0.3 is 4.52 Å². The first kappa shape index (κ1) is 30.8. The van der Waals surface area contributed by atoms with Gasteiger partial charge in [-0.2, -0.15) is 13.4 Å². The first-order valence-corrected chi connectivity index (χ1v) is 14.9. The van der Waals surface area contributed by atoms with Crippen molar-refractivity contribution >= 4 is 59.7 Å². The van der Waals surface area contributed by atoms with Crippen LogP contribution in [0.4, 0.5) is 0 Å². The average Bonchev–Trinajstić information content (AvgIpc) is 2.63. The molecule has 14 heteroatoms. The fraction of sp³-hybridized carbons (Fsp3) is 0.444. The third-order valence-electron chi connectivity index (χ3n) is 2.97. The van der Waals surface area contributed by atoms with Crippen LogP contribution < -0.4 is 4.52 Å². The van der Waals surface area contributed by atoms with Gasteiger partial charge in [0.05, 0.1) is 13.2 Å². The van der Waals surface area contributed by atoms with Crippen LogP contribution >= 0.6 is 28.1 Å². The van der Waals surface area contributed by atoms with Crippen LogP contribution in [0.25, 0.3) is 0 Å². The van der Waals surface area contributed by atoms with Crippen LogP contribution in [0.5, 0.6) is 5.88 Å². The highest BCUT2D eigenvalue weighted by molar-refractivity contribution is 8.31. The molecule has 2 rings (SSSR count). The summed E-state index contributed by atoms with van der Waals surface area (Å²) in [6.45, 7) is 7.78. The molecular formula is C18H25Cl2N2O7PS2. The Hall–Kier alpha value is -1.20. The molecule has 1 aromatic heterocycles. The van der Waals surface area contributed by atoms with Gasteiger partial charge in [-0.3, -0.25) is 18.6 Å². The fourth-order valence-electron chi connectivity index (χ4n) is 1.83. The molecule has 1 aliphatic rings. The molecule has 32 heavy (non-hydrogen) atoms. The number of hydrogen-bond donors (Lipinski definition) is 0. The van der Waals surface area contributed by atoms with E-state index in [1.165, 1.54) is 24.3 Å². The average molecular weight is 547 g/mol. The SMILES string of the molecule is CCOP(=S)(OCC)Oc1cc(C)nc(C(C)C)n1.O=C1C=CC(=O)C=C1.O=S(=O)(Cl)Cl. The molecule has 0 radical (unpaired) electrons. The van der Waals surface area contributed by atoms with Gasteiger partial charge in [0.25, 0.3) is 0 Å². The van der Waals surface area contributed by atoms with E-state index in [9.17, 15) is 9.59 Å². The highest BCUT2D eigenvalue weighted by atomic mass is 36.0. The minimum absolute atomic E-state index is 0.121. The molecule has 0 saturated carbocycles. The Morgan fingerprint density at radius 1 is 1.00 bits per heavy atom. The summed E-state index contributed by atoms with van der Waals surface area (Å²) in [5.74, 6) is 1.12. The van der Waals surface area contributed by atoms with Crippen molar-refractivity contribution in [3.05, 3.63) is 41.9 Å². The van der Waals surface area contributed by atoms with Gasteiger partial charge in [0.2, 0.25) is 5.88 Å². The standard InChI is InChI=1S/C12H21N2O3PS.C6H4O2.Cl2O2S/c1-6-15-18(19,16-7-2)17-11-8-10(5)13-12(14-11)9(3)4;7-5-1-2-6(8)4-3-5;1-5(2,3)4/h8-9H,6-7H2,1-5H3;1-4H;. The van der Waals surface area contributed by atoms with Crippen molar-refractivity contribution in [2.45, 2.75) is 40.5 Å². The molecule has 0 unspecified atom stereocenters. The minimum Gasteiger partial charge on any atom is -0.406 e. The number of rotatable bonds is 7. The molecule has 1 aliphatic carbocycles. The second-order valence-electron chi connectivity index (χ2n) is 6.08. The van der Waals surface area contributed by atoms with Crippen molar-refractivity contribution in [2.75, 3.05) is 13.2 Å². The van der Waals surface area contributed by atoms with E-state index in [2.05, 4.69) is 31.3 Å². The Morgan fingerprint density at radius 3 is 1.75 bits per heavy atom. The summed E-state index contributed by atoms with van der Waals surface area (Å²) < 4.78 is 34.9. The second kappa shape index (κ2) is 14.8. The lowest BCUT2D eigenvalue weighted by molar-refractivity contribution is -0.113. The Bertz CT molecular complexity index is 943. The number of aryl methyl sites for hydroxylation is 1. The van der Waals surface area contributed by atoms with Crippen LogP contribution in [-0.4, -0.2) is 43.2 Å². The third kappa shape index (κ3) is 15.6. The van der Waals surface area contributed by atoms with Gasteiger partial charge in [0.15, 0.2) is 11.6 Å². The van der Waals surface area contributed by atoms with Gasteiger partial charge >= 0.3 is 15.0 Å². The summed E-state index contributed by atoms with van der Waals surface area (Å²) in [5.41, 5.74) is 0.836. The van der Waals surface area contributed by atoms with Crippen molar-refractivity contribution in [3.63, 3.8) is 0 Å². The van der Waals surface area contributed by atoms with E-state index in [-0.39, 0.29) is 17.5 Å². The number of halogens is 2. The zero-order chi connectivity index (χ0) is 24.9. The van der Waals surface area contributed by atoms with E-state index in [0.717, 1.165) is 11.5 Å². The number of aromatic nitrogens is 2. The molecule has 0 bridgehead atoms. The monoisotopic (exact) mass is 546 g/mol. The molecule has 9 nitrogen and oxygen atoms in total. The highest BCUT2D eigenvalue weighted by Gasteiger charge is 2.22. The maximum atomic E-state index is 10.3. The van der Waals surface area contributed by atoms with E-state index >= 15 is 0 Å². The van der Waals surface area contributed by atoms with Crippen molar-refractivity contribution in [2.24, 2.45) is 0 Å². The zero-order valence-electron chi connectivity index (χ0n) is 18.2. The smallest absolute Gasteiger partial charge is 0.381 e. The van der Waals surface area contributed by atoms with E-state index in [1.807, 2.05) is 34.6 Å². The molecule has 0 N–H and O–H groups in total.